The number of hydrogen-bond acceptors (Lipinski definition) is 3. The number of aryl methyl sites for hydroxylation is 1. The number of halogens is 1. The van der Waals surface area contributed by atoms with Gasteiger partial charge in [-0.15, -0.1) is 0 Å². The molecule has 2 aromatic carbocycles. The summed E-state index contributed by atoms with van der Waals surface area (Å²) in [5.41, 5.74) is 2.77. The quantitative estimate of drug-likeness (QED) is 0.698. The molecule has 0 aliphatic carbocycles. The van der Waals surface area contributed by atoms with Crippen LogP contribution in [-0.2, 0) is 14.9 Å². The van der Waals surface area contributed by atoms with Crippen molar-refractivity contribution < 1.29 is 14.3 Å². The molecule has 0 bridgehead atoms. The number of amides is 1. The van der Waals surface area contributed by atoms with Gasteiger partial charge in [0.1, 0.15) is 0 Å². The Balaban J connectivity index is 1.57. The summed E-state index contributed by atoms with van der Waals surface area (Å²) in [5.74, 6) is -0.103. The van der Waals surface area contributed by atoms with Crippen molar-refractivity contribution in [1.29, 1.82) is 0 Å². The first-order valence-electron chi connectivity index (χ1n) is 9.69. The molecule has 2 aromatic rings. The number of nitrogens with one attached hydrogen (secondary N) is 1. The molecule has 0 spiro atoms. The van der Waals surface area contributed by atoms with Crippen molar-refractivity contribution in [2.24, 2.45) is 0 Å². The van der Waals surface area contributed by atoms with Gasteiger partial charge in [-0.25, -0.2) is 0 Å². The van der Waals surface area contributed by atoms with Gasteiger partial charge in [0, 0.05) is 48.6 Å². The summed E-state index contributed by atoms with van der Waals surface area (Å²) >= 11 is 6.03. The van der Waals surface area contributed by atoms with E-state index >= 15 is 0 Å². The van der Waals surface area contributed by atoms with Gasteiger partial charge in [-0.05, 0) is 37.5 Å². The zero-order chi connectivity index (χ0) is 20.0. The molecular weight excluding hydrogens is 374 g/mol. The van der Waals surface area contributed by atoms with Crippen molar-refractivity contribution in [3.05, 3.63) is 70.2 Å². The fraction of sp³-hybridized carbons (Fsp3) is 0.391. The summed E-state index contributed by atoms with van der Waals surface area (Å²) < 4.78 is 5.53. The lowest BCUT2D eigenvalue weighted by Crippen LogP contribution is -2.44. The smallest absolute Gasteiger partial charge is 0.220 e. The van der Waals surface area contributed by atoms with Crippen LogP contribution in [0.15, 0.2) is 48.5 Å². The summed E-state index contributed by atoms with van der Waals surface area (Å²) in [5, 5.41) is 3.74. The van der Waals surface area contributed by atoms with Gasteiger partial charge in [0.25, 0.3) is 0 Å². The zero-order valence-corrected chi connectivity index (χ0v) is 16.9. The third-order valence-electron chi connectivity index (χ3n) is 5.48. The van der Waals surface area contributed by atoms with Crippen LogP contribution in [-0.4, -0.2) is 31.4 Å². The highest BCUT2D eigenvalue weighted by Gasteiger charge is 2.34. The topological polar surface area (TPSA) is 55.4 Å². The molecule has 4 nitrogen and oxygen atoms in total. The van der Waals surface area contributed by atoms with E-state index in [0.29, 0.717) is 30.3 Å². The van der Waals surface area contributed by atoms with Crippen LogP contribution in [0.3, 0.4) is 0 Å². The Labute approximate surface area is 171 Å². The Kier molecular flexibility index (Phi) is 6.87. The lowest BCUT2D eigenvalue weighted by Gasteiger charge is -2.38. The van der Waals surface area contributed by atoms with Crippen LogP contribution in [0.1, 0.15) is 47.2 Å². The highest BCUT2D eigenvalue weighted by molar-refractivity contribution is 6.30. The van der Waals surface area contributed by atoms with Gasteiger partial charge in [0.15, 0.2) is 5.78 Å². The van der Waals surface area contributed by atoms with Crippen LogP contribution in [0.25, 0.3) is 0 Å². The zero-order valence-electron chi connectivity index (χ0n) is 16.2. The summed E-state index contributed by atoms with van der Waals surface area (Å²) in [4.78, 5) is 24.7. The molecule has 1 N–H and O–H groups in total. The lowest BCUT2D eigenvalue weighted by molar-refractivity contribution is -0.121. The van der Waals surface area contributed by atoms with E-state index in [-0.39, 0.29) is 29.9 Å². The number of rotatable bonds is 7. The minimum Gasteiger partial charge on any atom is -0.381 e. The molecule has 0 saturated carbocycles. The van der Waals surface area contributed by atoms with Crippen LogP contribution in [0.2, 0.25) is 5.02 Å². The average Bonchev–Trinajstić information content (AvgIpc) is 2.72. The van der Waals surface area contributed by atoms with E-state index in [1.54, 1.807) is 0 Å². The number of carbonyl (C=O) groups excluding carboxylic acids is 2. The summed E-state index contributed by atoms with van der Waals surface area (Å²) in [7, 11) is 0. The molecule has 1 fully saturated rings. The maximum absolute atomic E-state index is 12.4. The van der Waals surface area contributed by atoms with Gasteiger partial charge in [-0.3, -0.25) is 9.59 Å². The number of hydrogen-bond donors (Lipinski definition) is 1. The van der Waals surface area contributed by atoms with Crippen molar-refractivity contribution in [2.45, 2.75) is 38.0 Å². The molecule has 1 heterocycles. The second-order valence-electron chi connectivity index (χ2n) is 7.47. The maximum atomic E-state index is 12.4. The molecular formula is C23H26ClNO3. The molecule has 0 atom stereocenters. The molecule has 1 aliphatic rings. The minimum atomic E-state index is -0.153. The number of ether oxygens (including phenoxy) is 1. The number of carbonyl (C=O) groups is 2. The highest BCUT2D eigenvalue weighted by atomic mass is 35.5. The molecule has 0 radical (unpaired) electrons. The Bertz CT molecular complexity index is 809. The fourth-order valence-electron chi connectivity index (χ4n) is 3.60. The average molecular weight is 400 g/mol. The second-order valence-corrected chi connectivity index (χ2v) is 7.90. The van der Waals surface area contributed by atoms with E-state index in [2.05, 4.69) is 5.32 Å². The number of benzene rings is 2. The molecule has 0 unspecified atom stereocenters. The van der Waals surface area contributed by atoms with Crippen molar-refractivity contribution in [3.8, 4) is 0 Å². The predicted molar refractivity (Wildman–Crippen MR) is 111 cm³/mol. The van der Waals surface area contributed by atoms with E-state index in [1.165, 1.54) is 0 Å². The second kappa shape index (κ2) is 9.35. The van der Waals surface area contributed by atoms with Gasteiger partial charge < -0.3 is 10.1 Å². The van der Waals surface area contributed by atoms with Gasteiger partial charge in [-0.1, -0.05) is 53.6 Å². The Hall–Kier alpha value is -2.17. The van der Waals surface area contributed by atoms with Crippen LogP contribution < -0.4 is 5.32 Å². The molecule has 0 aromatic heterocycles. The standard InChI is InChI=1S/C23H26ClNO3/c1-17-2-4-18(5-3-17)21(26)10-11-22(27)25-16-23(12-14-28-15-13-23)19-6-8-20(24)9-7-19/h2-9H,10-16H2,1H3,(H,25,27). The van der Waals surface area contributed by atoms with E-state index in [9.17, 15) is 9.59 Å². The summed E-state index contributed by atoms with van der Waals surface area (Å²) in [6.07, 6.45) is 2.10. The first-order valence-corrected chi connectivity index (χ1v) is 10.1. The summed E-state index contributed by atoms with van der Waals surface area (Å²) in [6.45, 7) is 3.86. The largest absolute Gasteiger partial charge is 0.381 e. The third-order valence-corrected chi connectivity index (χ3v) is 5.74. The van der Waals surface area contributed by atoms with Gasteiger partial charge in [-0.2, -0.15) is 0 Å². The number of ketones is 1. The van der Waals surface area contributed by atoms with Crippen LogP contribution in [0, 0.1) is 6.92 Å². The normalized spacial score (nSPS) is 15.8. The monoisotopic (exact) mass is 399 g/mol. The molecule has 3 rings (SSSR count). The van der Waals surface area contributed by atoms with Crippen molar-refractivity contribution in [1.82, 2.24) is 5.32 Å². The fourth-order valence-corrected chi connectivity index (χ4v) is 3.73. The van der Waals surface area contributed by atoms with Gasteiger partial charge >= 0.3 is 0 Å². The molecule has 148 valence electrons. The lowest BCUT2D eigenvalue weighted by atomic mass is 9.74. The first-order chi connectivity index (χ1) is 13.5. The van der Waals surface area contributed by atoms with E-state index in [1.807, 2.05) is 55.5 Å². The first kappa shape index (κ1) is 20.6. The predicted octanol–water partition coefficient (Wildman–Crippen LogP) is 4.48. The Morgan fingerprint density at radius 3 is 2.29 bits per heavy atom. The molecule has 5 heteroatoms. The molecule has 28 heavy (non-hydrogen) atoms. The van der Waals surface area contributed by atoms with Crippen LogP contribution in [0.4, 0.5) is 0 Å². The van der Waals surface area contributed by atoms with Crippen molar-refractivity contribution in [3.63, 3.8) is 0 Å². The van der Waals surface area contributed by atoms with Gasteiger partial charge in [0.2, 0.25) is 5.91 Å². The Morgan fingerprint density at radius 1 is 1.00 bits per heavy atom. The molecule has 1 aliphatic heterocycles. The van der Waals surface area contributed by atoms with Crippen LogP contribution in [0.5, 0.6) is 0 Å². The van der Waals surface area contributed by atoms with E-state index in [4.69, 9.17) is 16.3 Å². The maximum Gasteiger partial charge on any atom is 0.220 e. The van der Waals surface area contributed by atoms with E-state index < -0.39 is 0 Å². The molecule has 1 amide bonds. The van der Waals surface area contributed by atoms with E-state index in [0.717, 1.165) is 24.0 Å². The third kappa shape index (κ3) is 5.21. The SMILES string of the molecule is Cc1ccc(C(=O)CCC(=O)NCC2(c3ccc(Cl)cc3)CCOCC2)cc1. The highest BCUT2D eigenvalue weighted by Crippen LogP contribution is 2.35. The van der Waals surface area contributed by atoms with Crippen molar-refractivity contribution in [2.75, 3.05) is 19.8 Å². The molecule has 1 saturated heterocycles. The minimum absolute atomic E-state index is 0.00590. The van der Waals surface area contributed by atoms with Gasteiger partial charge in [0.05, 0.1) is 0 Å². The Morgan fingerprint density at radius 2 is 1.64 bits per heavy atom. The van der Waals surface area contributed by atoms with Crippen LogP contribution >= 0.6 is 11.6 Å². The van der Waals surface area contributed by atoms with Crippen molar-refractivity contribution >= 4 is 23.3 Å². The summed E-state index contributed by atoms with van der Waals surface area (Å²) in [6, 6.07) is 15.3. The number of Topliss-reactive ketones (excluding diaryl/α,β-unsaturated/α-hetero) is 1.